The van der Waals surface area contributed by atoms with Crippen LogP contribution in [0.4, 0.5) is 32.8 Å². The van der Waals surface area contributed by atoms with Crippen molar-refractivity contribution in [1.82, 2.24) is 25.6 Å². The maximum atomic E-state index is 15.3. The molecule has 12 nitrogen and oxygen atoms in total. The SMILES string of the molecule is CC(C)(C)OC(=O)N1CC[C@@H](Nc2cccc3c2cc(C(=O)NNC(=O)CNC(=O)OCC2c4ccccc4-c4ccccc42)n3CC(F)(F)F)[C@@H](F)C1. The fourth-order valence-electron chi connectivity index (χ4n) is 6.74. The molecule has 16 heteroatoms. The van der Waals surface area contributed by atoms with Gasteiger partial charge in [-0.1, -0.05) is 54.6 Å². The van der Waals surface area contributed by atoms with E-state index in [1.165, 1.54) is 23.1 Å². The molecule has 4 aromatic rings. The first-order valence-electron chi connectivity index (χ1n) is 17.3. The molecule has 0 saturated carbocycles. The predicted octanol–water partition coefficient (Wildman–Crippen LogP) is 6.26. The monoisotopic (exact) mass is 752 g/mol. The minimum Gasteiger partial charge on any atom is -0.449 e. The third-order valence-electron chi connectivity index (χ3n) is 9.10. The molecule has 0 spiro atoms. The second kappa shape index (κ2) is 15.3. The Kier molecular flexibility index (Phi) is 10.7. The van der Waals surface area contributed by atoms with Crippen LogP contribution >= 0.6 is 0 Å². The molecule has 0 unspecified atom stereocenters. The molecule has 6 rings (SSSR count). The highest BCUT2D eigenvalue weighted by Crippen LogP contribution is 2.44. The van der Waals surface area contributed by atoms with Gasteiger partial charge in [-0.2, -0.15) is 13.2 Å². The number of amides is 4. The summed E-state index contributed by atoms with van der Waals surface area (Å²) in [6, 6.07) is 20.4. The molecule has 4 N–H and O–H groups in total. The van der Waals surface area contributed by atoms with Gasteiger partial charge < -0.3 is 29.6 Å². The molecule has 1 aliphatic heterocycles. The fourth-order valence-corrected chi connectivity index (χ4v) is 6.74. The summed E-state index contributed by atoms with van der Waals surface area (Å²) in [6.45, 7) is 2.92. The number of carbonyl (C=O) groups is 4. The van der Waals surface area contributed by atoms with Crippen LogP contribution in [-0.2, 0) is 20.8 Å². The van der Waals surface area contributed by atoms with Crippen LogP contribution in [0.2, 0.25) is 0 Å². The van der Waals surface area contributed by atoms with Crippen LogP contribution in [0.5, 0.6) is 0 Å². The van der Waals surface area contributed by atoms with Crippen molar-refractivity contribution in [3.8, 4) is 11.1 Å². The molecule has 2 aliphatic rings. The summed E-state index contributed by atoms with van der Waals surface area (Å²) < 4.78 is 68.0. The molecular formula is C38H40F4N6O6. The maximum Gasteiger partial charge on any atom is 0.410 e. The van der Waals surface area contributed by atoms with E-state index < -0.39 is 66.8 Å². The molecule has 0 radical (unpaired) electrons. The van der Waals surface area contributed by atoms with E-state index in [1.54, 1.807) is 26.8 Å². The lowest BCUT2D eigenvalue weighted by atomic mass is 9.98. The summed E-state index contributed by atoms with van der Waals surface area (Å²) in [7, 11) is 0. The number of halogens is 4. The fraction of sp³-hybridized carbons (Fsp3) is 0.368. The number of alkyl carbamates (subject to hydrolysis) is 1. The van der Waals surface area contributed by atoms with E-state index in [1.807, 2.05) is 48.5 Å². The van der Waals surface area contributed by atoms with Gasteiger partial charge in [0.25, 0.3) is 11.8 Å². The van der Waals surface area contributed by atoms with Gasteiger partial charge in [-0.15, -0.1) is 0 Å². The maximum absolute atomic E-state index is 15.3. The van der Waals surface area contributed by atoms with E-state index in [0.717, 1.165) is 26.8 Å². The minimum absolute atomic E-state index is 0.00999. The molecule has 3 aromatic carbocycles. The Bertz CT molecular complexity index is 2020. The third-order valence-corrected chi connectivity index (χ3v) is 9.10. The number of hydrogen-bond donors (Lipinski definition) is 4. The average molecular weight is 753 g/mol. The van der Waals surface area contributed by atoms with E-state index in [9.17, 15) is 32.3 Å². The van der Waals surface area contributed by atoms with Crippen LogP contribution in [0, 0.1) is 0 Å². The number of nitrogens with one attached hydrogen (secondary N) is 4. The molecule has 286 valence electrons. The number of benzene rings is 3. The molecular weight excluding hydrogens is 712 g/mol. The van der Waals surface area contributed by atoms with Gasteiger partial charge in [0, 0.05) is 23.5 Å². The van der Waals surface area contributed by atoms with Crippen molar-refractivity contribution < 1.29 is 46.2 Å². The smallest absolute Gasteiger partial charge is 0.410 e. The average Bonchev–Trinajstić information content (AvgIpc) is 3.64. The van der Waals surface area contributed by atoms with E-state index >= 15 is 4.39 Å². The van der Waals surface area contributed by atoms with Crippen molar-refractivity contribution in [2.45, 2.75) is 63.6 Å². The standard InChI is InChI=1S/C38H40F4N6O6/c1-37(2,3)54-36(52)47-16-15-30(28(39)19-47)44-29-13-8-14-31-26(29)17-32(48(31)21-38(40,41)42)34(50)46-45-33(49)18-43-35(51)53-20-27-24-11-6-4-9-22(24)23-10-5-7-12-25(23)27/h4-14,17,27-28,30,44H,15-16,18-21H2,1-3H3,(H,43,51)(H,45,49)(H,46,50)/t28-,30+/m0/s1. The van der Waals surface area contributed by atoms with Crippen LogP contribution in [0.25, 0.3) is 22.0 Å². The zero-order chi connectivity index (χ0) is 38.8. The molecule has 1 fully saturated rings. The van der Waals surface area contributed by atoms with Gasteiger partial charge in [-0.3, -0.25) is 20.4 Å². The lowest BCUT2D eigenvalue weighted by molar-refractivity contribution is -0.140. The summed E-state index contributed by atoms with van der Waals surface area (Å²) in [6.07, 6.45) is -7.60. The van der Waals surface area contributed by atoms with Crippen LogP contribution in [0.15, 0.2) is 72.8 Å². The number of hydrazine groups is 1. The van der Waals surface area contributed by atoms with Crippen LogP contribution < -0.4 is 21.5 Å². The van der Waals surface area contributed by atoms with Crippen LogP contribution in [0.3, 0.4) is 0 Å². The number of ether oxygens (including phenoxy) is 2. The Morgan fingerprint density at radius 3 is 2.19 bits per heavy atom. The van der Waals surface area contributed by atoms with Crippen molar-refractivity contribution in [3.63, 3.8) is 0 Å². The number of fused-ring (bicyclic) bond motifs is 4. The molecule has 1 aliphatic carbocycles. The number of hydrogen-bond acceptors (Lipinski definition) is 7. The topological polar surface area (TPSA) is 143 Å². The quantitative estimate of drug-likeness (QED) is 0.123. The Morgan fingerprint density at radius 1 is 0.889 bits per heavy atom. The molecule has 1 saturated heterocycles. The van der Waals surface area contributed by atoms with Crippen molar-refractivity contribution >= 4 is 40.6 Å². The molecule has 2 heterocycles. The first kappa shape index (κ1) is 37.9. The number of alkyl halides is 4. The number of rotatable bonds is 8. The number of nitrogens with zero attached hydrogens (tertiary/aromatic N) is 2. The van der Waals surface area contributed by atoms with E-state index in [-0.39, 0.29) is 48.6 Å². The molecule has 54 heavy (non-hydrogen) atoms. The number of aromatic nitrogens is 1. The number of carbonyl (C=O) groups excluding carboxylic acids is 4. The zero-order valence-corrected chi connectivity index (χ0v) is 29.8. The predicted molar refractivity (Wildman–Crippen MR) is 191 cm³/mol. The van der Waals surface area contributed by atoms with Gasteiger partial charge in [0.05, 0.1) is 18.1 Å². The Labute approximate surface area is 308 Å². The highest BCUT2D eigenvalue weighted by molar-refractivity contribution is 6.03. The van der Waals surface area contributed by atoms with E-state index in [4.69, 9.17) is 9.47 Å². The van der Waals surface area contributed by atoms with Crippen LogP contribution in [-0.4, -0.2) is 83.7 Å². The highest BCUT2D eigenvalue weighted by atomic mass is 19.4. The van der Waals surface area contributed by atoms with Crippen molar-refractivity contribution in [1.29, 1.82) is 0 Å². The first-order chi connectivity index (χ1) is 25.6. The first-order valence-corrected chi connectivity index (χ1v) is 17.3. The molecule has 1 aromatic heterocycles. The lowest BCUT2D eigenvalue weighted by Gasteiger charge is -2.36. The number of piperidine rings is 1. The minimum atomic E-state index is -4.72. The van der Waals surface area contributed by atoms with E-state index in [0.29, 0.717) is 0 Å². The summed E-state index contributed by atoms with van der Waals surface area (Å²) in [4.78, 5) is 52.0. The van der Waals surface area contributed by atoms with Crippen molar-refractivity contribution in [3.05, 3.63) is 89.6 Å². The Hall–Kier alpha value is -5.80. The molecule has 0 bridgehead atoms. The normalized spacial score (nSPS) is 17.0. The van der Waals surface area contributed by atoms with Gasteiger partial charge in [0.15, 0.2) is 0 Å². The van der Waals surface area contributed by atoms with Crippen LogP contribution in [0.1, 0.15) is 54.7 Å². The van der Waals surface area contributed by atoms with Gasteiger partial charge >= 0.3 is 18.4 Å². The van der Waals surface area contributed by atoms with E-state index in [2.05, 4.69) is 21.5 Å². The highest BCUT2D eigenvalue weighted by Gasteiger charge is 2.35. The molecule has 4 amide bonds. The second-order valence-corrected chi connectivity index (χ2v) is 14.1. The Morgan fingerprint density at radius 2 is 1.56 bits per heavy atom. The zero-order valence-electron chi connectivity index (χ0n) is 29.8. The summed E-state index contributed by atoms with van der Waals surface area (Å²) in [5.41, 5.74) is 7.42. The van der Waals surface area contributed by atoms with Gasteiger partial charge in [-0.05, 0) is 67.6 Å². The van der Waals surface area contributed by atoms with Gasteiger partial charge in [0.1, 0.15) is 37.2 Å². The van der Waals surface area contributed by atoms with Gasteiger partial charge in [-0.25, -0.2) is 14.0 Å². The summed E-state index contributed by atoms with van der Waals surface area (Å²) in [5.74, 6) is -2.14. The van der Waals surface area contributed by atoms with Crippen molar-refractivity contribution in [2.75, 3.05) is 31.6 Å². The third kappa shape index (κ3) is 8.69. The number of likely N-dealkylation sites (tertiary alicyclic amines) is 1. The summed E-state index contributed by atoms with van der Waals surface area (Å²) >= 11 is 0. The number of anilines is 1. The molecule has 2 atom stereocenters. The Balaban J connectivity index is 1.06. The largest absolute Gasteiger partial charge is 0.449 e. The second-order valence-electron chi connectivity index (χ2n) is 14.1. The van der Waals surface area contributed by atoms with Crippen molar-refractivity contribution in [2.24, 2.45) is 0 Å². The van der Waals surface area contributed by atoms with Gasteiger partial charge in [0.2, 0.25) is 0 Å². The lowest BCUT2D eigenvalue weighted by Crippen LogP contribution is -2.51. The summed E-state index contributed by atoms with van der Waals surface area (Å²) in [5, 5.41) is 5.55.